The molecule has 0 saturated carbocycles. The fourth-order valence-corrected chi connectivity index (χ4v) is 3.52. The summed E-state index contributed by atoms with van der Waals surface area (Å²) in [6, 6.07) is 12.4. The summed E-state index contributed by atoms with van der Waals surface area (Å²) in [6.45, 7) is -0.468. The highest BCUT2D eigenvalue weighted by molar-refractivity contribution is 9.10. The molecule has 0 bridgehead atoms. The van der Waals surface area contributed by atoms with Gasteiger partial charge in [-0.3, -0.25) is 4.79 Å². The molecule has 1 fully saturated rings. The summed E-state index contributed by atoms with van der Waals surface area (Å²) >= 11 is 4.65. The zero-order chi connectivity index (χ0) is 20.1. The maximum Gasteiger partial charge on any atom is 0.341 e. The highest BCUT2D eigenvalue weighted by Crippen LogP contribution is 2.33. The van der Waals surface area contributed by atoms with E-state index < -0.39 is 12.6 Å². The number of nitrogens with one attached hydrogen (secondary N) is 1. The highest BCUT2D eigenvalue weighted by Gasteiger charge is 2.24. The lowest BCUT2D eigenvalue weighted by Gasteiger charge is -2.09. The number of ether oxygens (including phenoxy) is 2. The van der Waals surface area contributed by atoms with Gasteiger partial charge in [0.25, 0.3) is 5.91 Å². The average Bonchev–Trinajstić information content (AvgIpc) is 3.01. The lowest BCUT2D eigenvalue weighted by Crippen LogP contribution is -2.19. The summed E-state index contributed by atoms with van der Waals surface area (Å²) in [6.07, 6.45) is 1.70. The number of hydrogen-bond acceptors (Lipinski definition) is 6. The molecule has 1 aliphatic rings. The van der Waals surface area contributed by atoms with E-state index >= 15 is 0 Å². The number of halogens is 1. The van der Waals surface area contributed by atoms with Crippen LogP contribution in [0.25, 0.3) is 6.08 Å². The maximum absolute atomic E-state index is 12.2. The lowest BCUT2D eigenvalue weighted by atomic mass is 10.2. The van der Waals surface area contributed by atoms with Crippen LogP contribution in [0, 0.1) is 0 Å². The first-order valence-corrected chi connectivity index (χ1v) is 9.64. The van der Waals surface area contributed by atoms with Gasteiger partial charge in [-0.25, -0.2) is 9.79 Å². The van der Waals surface area contributed by atoms with Gasteiger partial charge >= 0.3 is 5.97 Å². The molecule has 0 aromatic heterocycles. The predicted molar refractivity (Wildman–Crippen MR) is 111 cm³/mol. The molecule has 0 unspecified atom stereocenters. The summed E-state index contributed by atoms with van der Waals surface area (Å²) in [4.78, 5) is 27.8. The van der Waals surface area contributed by atoms with Crippen molar-refractivity contribution >= 4 is 56.5 Å². The van der Waals surface area contributed by atoms with Crippen LogP contribution in [-0.4, -0.2) is 35.9 Å². The van der Waals surface area contributed by atoms with Crippen molar-refractivity contribution in [3.05, 3.63) is 57.4 Å². The van der Waals surface area contributed by atoms with Gasteiger partial charge in [0.1, 0.15) is 0 Å². The first kappa shape index (κ1) is 20.0. The van der Waals surface area contributed by atoms with Gasteiger partial charge in [0.2, 0.25) is 0 Å². The number of nitrogens with zero attached hydrogens (tertiary/aromatic N) is 1. The van der Waals surface area contributed by atoms with Gasteiger partial charge in [-0.1, -0.05) is 18.2 Å². The number of aliphatic imine (C=N–C) groups is 1. The molecule has 1 aliphatic heterocycles. The second-order valence-electron chi connectivity index (χ2n) is 5.53. The normalized spacial score (nSPS) is 16.3. The summed E-state index contributed by atoms with van der Waals surface area (Å²) < 4.78 is 11.2. The van der Waals surface area contributed by atoms with E-state index in [1.807, 2.05) is 24.3 Å². The number of methoxy groups -OCH3 is 1. The third-order valence-corrected chi connectivity index (χ3v) is 5.14. The number of amidine groups is 1. The van der Waals surface area contributed by atoms with Crippen molar-refractivity contribution in [2.45, 2.75) is 0 Å². The molecule has 1 heterocycles. The predicted octanol–water partition coefficient (Wildman–Crippen LogP) is 3.81. The highest BCUT2D eigenvalue weighted by atomic mass is 79.9. The van der Waals surface area contributed by atoms with Crippen LogP contribution in [0.4, 0.5) is 5.69 Å². The Bertz CT molecular complexity index is 990. The number of benzene rings is 2. The number of carboxylic acid groups (broad SMARTS) is 1. The number of carbonyl (C=O) groups excluding carboxylic acids is 1. The minimum atomic E-state index is -1.08. The van der Waals surface area contributed by atoms with Crippen LogP contribution in [0.3, 0.4) is 0 Å². The van der Waals surface area contributed by atoms with Gasteiger partial charge in [0, 0.05) is 4.47 Å². The van der Waals surface area contributed by atoms with Crippen molar-refractivity contribution in [1.82, 2.24) is 5.32 Å². The molecule has 1 saturated heterocycles. The number of aliphatic carboxylic acids is 1. The van der Waals surface area contributed by atoms with Gasteiger partial charge in [0.15, 0.2) is 23.3 Å². The number of hydrogen-bond donors (Lipinski definition) is 2. The van der Waals surface area contributed by atoms with Crippen molar-refractivity contribution in [3.63, 3.8) is 0 Å². The molecule has 0 spiro atoms. The zero-order valence-electron chi connectivity index (χ0n) is 14.6. The Morgan fingerprint density at radius 2 is 2.07 bits per heavy atom. The Morgan fingerprint density at radius 3 is 2.79 bits per heavy atom. The molecule has 2 N–H and O–H groups in total. The first-order chi connectivity index (χ1) is 13.5. The monoisotopic (exact) mass is 462 g/mol. The van der Waals surface area contributed by atoms with Crippen LogP contribution in [0.15, 0.2) is 56.8 Å². The van der Waals surface area contributed by atoms with E-state index in [-0.39, 0.29) is 5.91 Å². The molecule has 2 aromatic rings. The zero-order valence-corrected chi connectivity index (χ0v) is 17.0. The Kier molecular flexibility index (Phi) is 6.37. The van der Waals surface area contributed by atoms with Gasteiger partial charge in [0.05, 0.1) is 17.7 Å². The van der Waals surface area contributed by atoms with Crippen molar-refractivity contribution in [1.29, 1.82) is 0 Å². The Morgan fingerprint density at radius 1 is 1.29 bits per heavy atom. The summed E-state index contributed by atoms with van der Waals surface area (Å²) in [5.74, 6) is -0.641. The average molecular weight is 463 g/mol. The standard InChI is InChI=1S/C19H15BrN2O5S/c1-26-15-8-11(6-7-14(15)27-10-17(23)24)9-16-18(25)22-19(28-16)21-13-5-3-2-4-12(13)20/h2-9H,10H2,1H3,(H,23,24)(H,21,22,25)/b16-9+. The van der Waals surface area contributed by atoms with Crippen LogP contribution in [0.1, 0.15) is 5.56 Å². The van der Waals surface area contributed by atoms with Gasteiger partial charge in [-0.2, -0.15) is 0 Å². The van der Waals surface area contributed by atoms with Crippen molar-refractivity contribution in [3.8, 4) is 11.5 Å². The smallest absolute Gasteiger partial charge is 0.341 e. The van der Waals surface area contributed by atoms with Gasteiger partial charge in [-0.15, -0.1) is 0 Å². The van der Waals surface area contributed by atoms with E-state index in [2.05, 4.69) is 26.2 Å². The number of rotatable bonds is 6. The van der Waals surface area contributed by atoms with E-state index in [1.54, 1.807) is 24.3 Å². The number of para-hydroxylation sites is 1. The second kappa shape index (κ2) is 8.94. The molecule has 9 heteroatoms. The Balaban J connectivity index is 1.80. The Labute approximate surface area is 173 Å². The molecular weight excluding hydrogens is 448 g/mol. The molecule has 2 aromatic carbocycles. The van der Waals surface area contributed by atoms with E-state index in [0.717, 1.165) is 4.47 Å². The number of carbonyl (C=O) groups is 2. The number of amides is 1. The largest absolute Gasteiger partial charge is 0.493 e. The van der Waals surface area contributed by atoms with Gasteiger partial charge < -0.3 is 19.9 Å². The van der Waals surface area contributed by atoms with Crippen molar-refractivity contribution < 1.29 is 24.2 Å². The van der Waals surface area contributed by atoms with E-state index in [0.29, 0.717) is 32.8 Å². The minimum absolute atomic E-state index is 0.249. The first-order valence-electron chi connectivity index (χ1n) is 8.03. The molecule has 1 amide bonds. The molecular formula is C19H15BrN2O5S. The topological polar surface area (TPSA) is 97.2 Å². The molecule has 0 aliphatic carbocycles. The van der Waals surface area contributed by atoms with E-state index in [9.17, 15) is 9.59 Å². The third kappa shape index (κ3) is 4.93. The fraction of sp³-hybridized carbons (Fsp3) is 0.105. The van der Waals surface area contributed by atoms with E-state index in [4.69, 9.17) is 14.6 Å². The second-order valence-corrected chi connectivity index (χ2v) is 7.41. The maximum atomic E-state index is 12.2. The van der Waals surface area contributed by atoms with Crippen molar-refractivity contribution in [2.75, 3.05) is 13.7 Å². The van der Waals surface area contributed by atoms with Crippen molar-refractivity contribution in [2.24, 2.45) is 4.99 Å². The van der Waals surface area contributed by atoms with E-state index in [1.165, 1.54) is 18.9 Å². The minimum Gasteiger partial charge on any atom is -0.493 e. The van der Waals surface area contributed by atoms with Crippen LogP contribution in [0.5, 0.6) is 11.5 Å². The third-order valence-electron chi connectivity index (χ3n) is 3.56. The molecule has 7 nitrogen and oxygen atoms in total. The quantitative estimate of drug-likeness (QED) is 0.633. The van der Waals surface area contributed by atoms with Crippen LogP contribution in [-0.2, 0) is 9.59 Å². The fourth-order valence-electron chi connectivity index (χ4n) is 2.32. The molecule has 3 rings (SSSR count). The van der Waals surface area contributed by atoms with Crippen LogP contribution in [0.2, 0.25) is 0 Å². The summed E-state index contributed by atoms with van der Waals surface area (Å²) in [5.41, 5.74) is 1.42. The van der Waals surface area contributed by atoms with Crippen LogP contribution >= 0.6 is 27.7 Å². The number of thioether (sulfide) groups is 1. The molecule has 0 radical (unpaired) electrons. The SMILES string of the molecule is COc1cc(/C=C2/SC(=Nc3ccccc3Br)NC2=O)ccc1OCC(=O)O. The van der Waals surface area contributed by atoms with Crippen LogP contribution < -0.4 is 14.8 Å². The number of carboxylic acids is 1. The summed E-state index contributed by atoms with van der Waals surface area (Å²) in [5, 5.41) is 11.9. The molecule has 0 atom stereocenters. The van der Waals surface area contributed by atoms with Gasteiger partial charge in [-0.05, 0) is 63.6 Å². The molecule has 28 heavy (non-hydrogen) atoms. The molecule has 144 valence electrons. The Hall–Kier alpha value is -2.78. The summed E-state index contributed by atoms with van der Waals surface area (Å²) in [7, 11) is 1.46. The lowest BCUT2D eigenvalue weighted by molar-refractivity contribution is -0.139.